The third-order valence-electron chi connectivity index (χ3n) is 5.59. The van der Waals surface area contributed by atoms with Crippen LogP contribution in [0, 0.1) is 0 Å². The van der Waals surface area contributed by atoms with Gasteiger partial charge in [-0.05, 0) is 45.4 Å². The summed E-state index contributed by atoms with van der Waals surface area (Å²) in [5.41, 5.74) is 1.46. The summed E-state index contributed by atoms with van der Waals surface area (Å²) in [6.45, 7) is 3.73. The molecule has 0 spiro atoms. The predicted octanol–water partition coefficient (Wildman–Crippen LogP) is 1.22. The third-order valence-corrected chi connectivity index (χ3v) is 5.59. The SMILES string of the molecule is CCn1c(=O)n(CC(=O)N2CCC[C@H](N(C)CC(=O)O)CC2)c2ccccc21. The van der Waals surface area contributed by atoms with Crippen LogP contribution < -0.4 is 5.69 Å². The number of amides is 1. The third kappa shape index (κ3) is 4.11. The molecule has 0 saturated carbocycles. The van der Waals surface area contributed by atoms with Crippen molar-refractivity contribution in [3.63, 3.8) is 0 Å². The Morgan fingerprint density at radius 1 is 1.14 bits per heavy atom. The molecule has 1 atom stereocenters. The molecule has 8 heteroatoms. The van der Waals surface area contributed by atoms with Crippen molar-refractivity contribution < 1.29 is 14.7 Å². The van der Waals surface area contributed by atoms with E-state index in [4.69, 9.17) is 5.11 Å². The fraction of sp³-hybridized carbons (Fsp3) is 0.550. The van der Waals surface area contributed by atoms with Crippen LogP contribution in [0.2, 0.25) is 0 Å². The van der Waals surface area contributed by atoms with Gasteiger partial charge in [0.2, 0.25) is 5.91 Å². The van der Waals surface area contributed by atoms with E-state index >= 15 is 0 Å². The van der Waals surface area contributed by atoms with Crippen LogP contribution in [0.3, 0.4) is 0 Å². The molecule has 1 fully saturated rings. The number of carbonyl (C=O) groups is 2. The highest BCUT2D eigenvalue weighted by Gasteiger charge is 2.25. The number of hydrogen-bond acceptors (Lipinski definition) is 4. The minimum atomic E-state index is -0.841. The standard InChI is InChI=1S/C20H28N4O4/c1-3-23-16-8-4-5-9-17(16)24(20(23)28)13-18(25)22-11-6-7-15(10-12-22)21(2)14-19(26)27/h4-5,8-9,15H,3,6-7,10-14H2,1-2H3,(H,26,27)/t15-/m0/s1. The van der Waals surface area contributed by atoms with Gasteiger partial charge in [0, 0.05) is 25.7 Å². The van der Waals surface area contributed by atoms with Gasteiger partial charge in [0.05, 0.1) is 17.6 Å². The summed E-state index contributed by atoms with van der Waals surface area (Å²) in [4.78, 5) is 40.2. The molecular formula is C20H28N4O4. The lowest BCUT2D eigenvalue weighted by Gasteiger charge is -2.25. The van der Waals surface area contributed by atoms with Crippen LogP contribution in [0.1, 0.15) is 26.2 Å². The van der Waals surface area contributed by atoms with Gasteiger partial charge in [-0.25, -0.2) is 4.79 Å². The van der Waals surface area contributed by atoms with E-state index in [2.05, 4.69) is 0 Å². The van der Waals surface area contributed by atoms with Crippen molar-refractivity contribution in [2.75, 3.05) is 26.7 Å². The number of carboxylic acid groups (broad SMARTS) is 1. The van der Waals surface area contributed by atoms with Crippen molar-refractivity contribution in [1.29, 1.82) is 0 Å². The number of hydrogen-bond donors (Lipinski definition) is 1. The number of carbonyl (C=O) groups excluding carboxylic acids is 1. The number of imidazole rings is 1. The first-order chi connectivity index (χ1) is 13.4. The molecule has 28 heavy (non-hydrogen) atoms. The Balaban J connectivity index is 1.72. The number of aliphatic carboxylic acids is 1. The van der Waals surface area contributed by atoms with Crippen molar-refractivity contribution in [1.82, 2.24) is 18.9 Å². The maximum absolute atomic E-state index is 12.9. The van der Waals surface area contributed by atoms with Crippen LogP contribution in [0.5, 0.6) is 0 Å². The van der Waals surface area contributed by atoms with Gasteiger partial charge in [0.15, 0.2) is 0 Å². The lowest BCUT2D eigenvalue weighted by atomic mass is 10.1. The molecule has 2 aromatic rings. The number of aryl methyl sites for hydroxylation is 1. The zero-order valence-electron chi connectivity index (χ0n) is 16.5. The van der Waals surface area contributed by atoms with Crippen molar-refractivity contribution in [3.05, 3.63) is 34.7 Å². The fourth-order valence-corrected chi connectivity index (χ4v) is 4.08. The number of benzene rings is 1. The molecule has 1 aromatic carbocycles. The van der Waals surface area contributed by atoms with E-state index in [0.29, 0.717) is 19.6 Å². The van der Waals surface area contributed by atoms with Crippen LogP contribution in [0.25, 0.3) is 11.0 Å². The van der Waals surface area contributed by atoms with Crippen LogP contribution in [-0.2, 0) is 22.7 Å². The average molecular weight is 388 g/mol. The number of likely N-dealkylation sites (tertiary alicyclic amines) is 1. The zero-order valence-corrected chi connectivity index (χ0v) is 16.5. The largest absolute Gasteiger partial charge is 0.480 e. The molecule has 8 nitrogen and oxygen atoms in total. The normalized spacial score (nSPS) is 17.8. The highest BCUT2D eigenvalue weighted by molar-refractivity contribution is 5.81. The number of fused-ring (bicyclic) bond motifs is 1. The maximum atomic E-state index is 12.9. The molecule has 1 N–H and O–H groups in total. The monoisotopic (exact) mass is 388 g/mol. The van der Waals surface area contributed by atoms with Crippen molar-refractivity contribution >= 4 is 22.9 Å². The Hall–Kier alpha value is -2.61. The van der Waals surface area contributed by atoms with Gasteiger partial charge in [-0.2, -0.15) is 0 Å². The quantitative estimate of drug-likeness (QED) is 0.804. The maximum Gasteiger partial charge on any atom is 0.329 e. The van der Waals surface area contributed by atoms with Crippen molar-refractivity contribution in [3.8, 4) is 0 Å². The summed E-state index contributed by atoms with van der Waals surface area (Å²) in [6, 6.07) is 7.68. The molecule has 0 unspecified atom stereocenters. The number of likely N-dealkylation sites (N-methyl/N-ethyl adjacent to an activating group) is 1. The summed E-state index contributed by atoms with van der Waals surface area (Å²) >= 11 is 0. The summed E-state index contributed by atoms with van der Waals surface area (Å²) in [5, 5.41) is 8.98. The first-order valence-corrected chi connectivity index (χ1v) is 9.80. The second-order valence-corrected chi connectivity index (χ2v) is 7.38. The minimum Gasteiger partial charge on any atom is -0.480 e. The van der Waals surface area contributed by atoms with Gasteiger partial charge >= 0.3 is 11.7 Å². The van der Waals surface area contributed by atoms with E-state index in [9.17, 15) is 14.4 Å². The molecule has 0 radical (unpaired) electrons. The van der Waals surface area contributed by atoms with Gasteiger partial charge in [-0.1, -0.05) is 12.1 Å². The molecule has 152 valence electrons. The van der Waals surface area contributed by atoms with Gasteiger partial charge in [-0.15, -0.1) is 0 Å². The molecule has 3 rings (SSSR count). The Bertz CT molecular complexity index is 917. The first kappa shape index (κ1) is 20.1. The van der Waals surface area contributed by atoms with Gasteiger partial charge < -0.3 is 10.0 Å². The first-order valence-electron chi connectivity index (χ1n) is 9.80. The number of nitrogens with zero attached hydrogens (tertiary/aromatic N) is 4. The Kier molecular flexibility index (Phi) is 6.18. The molecule has 1 aliphatic heterocycles. The topological polar surface area (TPSA) is 87.8 Å². The molecule has 1 amide bonds. The second-order valence-electron chi connectivity index (χ2n) is 7.38. The Labute approximate surface area is 163 Å². The predicted molar refractivity (Wildman–Crippen MR) is 106 cm³/mol. The molecule has 1 saturated heterocycles. The molecule has 1 aromatic heterocycles. The summed E-state index contributed by atoms with van der Waals surface area (Å²) in [5.74, 6) is -0.908. The van der Waals surface area contributed by atoms with Crippen LogP contribution in [0.15, 0.2) is 29.1 Å². The molecule has 1 aliphatic rings. The summed E-state index contributed by atoms with van der Waals surface area (Å²) in [6.07, 6.45) is 2.43. The zero-order chi connectivity index (χ0) is 20.3. The van der Waals surface area contributed by atoms with Gasteiger partial charge in [0.1, 0.15) is 6.54 Å². The Morgan fingerprint density at radius 2 is 1.82 bits per heavy atom. The highest BCUT2D eigenvalue weighted by atomic mass is 16.4. The lowest BCUT2D eigenvalue weighted by Crippen LogP contribution is -2.39. The molecular weight excluding hydrogens is 360 g/mol. The van der Waals surface area contributed by atoms with Crippen molar-refractivity contribution in [2.45, 2.75) is 45.3 Å². The van der Waals surface area contributed by atoms with E-state index in [-0.39, 0.29) is 30.7 Å². The van der Waals surface area contributed by atoms with Gasteiger partial charge in [-0.3, -0.25) is 23.6 Å². The minimum absolute atomic E-state index is 0.00449. The lowest BCUT2D eigenvalue weighted by molar-refractivity contribution is -0.138. The summed E-state index contributed by atoms with van der Waals surface area (Å²) < 4.78 is 3.24. The number of para-hydroxylation sites is 2. The van der Waals surface area contributed by atoms with Crippen LogP contribution in [-0.4, -0.2) is 68.6 Å². The van der Waals surface area contributed by atoms with Crippen molar-refractivity contribution in [2.24, 2.45) is 0 Å². The number of carboxylic acids is 1. The van der Waals surface area contributed by atoms with E-state index in [1.807, 2.05) is 43.1 Å². The second kappa shape index (κ2) is 8.60. The molecule has 2 heterocycles. The number of rotatable bonds is 6. The van der Waals surface area contributed by atoms with Gasteiger partial charge in [0.25, 0.3) is 0 Å². The Morgan fingerprint density at radius 3 is 2.46 bits per heavy atom. The van der Waals surface area contributed by atoms with E-state index in [1.165, 1.54) is 0 Å². The van der Waals surface area contributed by atoms with Crippen LogP contribution >= 0.6 is 0 Å². The smallest absolute Gasteiger partial charge is 0.329 e. The van der Waals surface area contributed by atoms with E-state index in [0.717, 1.165) is 30.3 Å². The molecule has 0 bridgehead atoms. The fourth-order valence-electron chi connectivity index (χ4n) is 4.08. The molecule has 0 aliphatic carbocycles. The highest BCUT2D eigenvalue weighted by Crippen LogP contribution is 2.17. The van der Waals surface area contributed by atoms with Crippen LogP contribution in [0.4, 0.5) is 0 Å². The number of aromatic nitrogens is 2. The van der Waals surface area contributed by atoms with E-state index in [1.54, 1.807) is 14.0 Å². The van der Waals surface area contributed by atoms with E-state index < -0.39 is 5.97 Å². The average Bonchev–Trinajstić information content (AvgIpc) is 2.82. The summed E-state index contributed by atoms with van der Waals surface area (Å²) in [7, 11) is 1.81.